The number of amides is 1. The van der Waals surface area contributed by atoms with Crippen LogP contribution in [0.1, 0.15) is 35.2 Å². The van der Waals surface area contributed by atoms with Crippen LogP contribution >= 0.6 is 22.6 Å². The third kappa shape index (κ3) is 2.79. The minimum atomic E-state index is 0.197. The molecule has 0 aliphatic carbocycles. The second kappa shape index (κ2) is 5.40. The molecule has 2 fully saturated rings. The highest BCUT2D eigenvalue weighted by Gasteiger charge is 2.31. The van der Waals surface area contributed by atoms with Crippen LogP contribution < -0.4 is 5.32 Å². The molecule has 2 aliphatic heterocycles. The normalized spacial score (nSPS) is 26.3. The number of rotatable bonds is 1. The molecule has 3 nitrogen and oxygen atoms in total. The van der Waals surface area contributed by atoms with Crippen LogP contribution in [0.5, 0.6) is 0 Å². The monoisotopic (exact) mass is 370 g/mol. The molecule has 1 N–H and O–H groups in total. The molecular weight excluding hydrogens is 351 g/mol. The first-order valence-corrected chi connectivity index (χ1v) is 8.03. The Labute approximate surface area is 127 Å². The van der Waals surface area contributed by atoms with Crippen LogP contribution in [0.25, 0.3) is 0 Å². The first-order valence-electron chi connectivity index (χ1n) is 6.95. The van der Waals surface area contributed by atoms with Crippen molar-refractivity contribution < 1.29 is 4.79 Å². The van der Waals surface area contributed by atoms with Gasteiger partial charge in [0.2, 0.25) is 0 Å². The van der Waals surface area contributed by atoms with E-state index in [0.717, 1.165) is 34.2 Å². The summed E-state index contributed by atoms with van der Waals surface area (Å²) in [7, 11) is 0. The van der Waals surface area contributed by atoms with E-state index in [9.17, 15) is 4.79 Å². The largest absolute Gasteiger partial charge is 0.337 e. The number of hydrogen-bond donors (Lipinski definition) is 1. The van der Waals surface area contributed by atoms with Gasteiger partial charge < -0.3 is 10.2 Å². The number of benzene rings is 1. The smallest absolute Gasteiger partial charge is 0.254 e. The van der Waals surface area contributed by atoms with Crippen LogP contribution in [0.4, 0.5) is 0 Å². The number of halogens is 1. The summed E-state index contributed by atoms with van der Waals surface area (Å²) in [6.07, 6.45) is 3.57. The maximum absolute atomic E-state index is 12.7. The number of aryl methyl sites for hydroxylation is 1. The molecule has 2 saturated heterocycles. The molecule has 19 heavy (non-hydrogen) atoms. The molecule has 2 atom stereocenters. The van der Waals surface area contributed by atoms with E-state index in [0.29, 0.717) is 12.1 Å². The second-order valence-electron chi connectivity index (χ2n) is 5.66. The van der Waals surface area contributed by atoms with Crippen molar-refractivity contribution in [1.82, 2.24) is 10.2 Å². The van der Waals surface area contributed by atoms with E-state index >= 15 is 0 Å². The van der Waals surface area contributed by atoms with Gasteiger partial charge in [-0.1, -0.05) is 11.6 Å². The number of likely N-dealkylation sites (tertiary alicyclic amines) is 1. The topological polar surface area (TPSA) is 32.3 Å². The Bertz CT molecular complexity index is 503. The summed E-state index contributed by atoms with van der Waals surface area (Å²) in [6.45, 7) is 3.79. The van der Waals surface area contributed by atoms with E-state index < -0.39 is 0 Å². The number of fused-ring (bicyclic) bond motifs is 2. The lowest BCUT2D eigenvalue weighted by Gasteiger charge is -2.25. The van der Waals surface area contributed by atoms with Crippen molar-refractivity contribution in [3.63, 3.8) is 0 Å². The van der Waals surface area contributed by atoms with Crippen LogP contribution in [-0.2, 0) is 0 Å². The Balaban J connectivity index is 1.81. The molecule has 0 saturated carbocycles. The average Bonchev–Trinajstić information content (AvgIpc) is 2.71. The van der Waals surface area contributed by atoms with E-state index in [4.69, 9.17) is 0 Å². The highest BCUT2D eigenvalue weighted by molar-refractivity contribution is 14.1. The Kier molecular flexibility index (Phi) is 3.80. The van der Waals surface area contributed by atoms with E-state index in [1.165, 1.54) is 12.8 Å². The van der Waals surface area contributed by atoms with Crippen molar-refractivity contribution in [2.75, 3.05) is 13.1 Å². The maximum Gasteiger partial charge on any atom is 0.254 e. The highest BCUT2D eigenvalue weighted by Crippen LogP contribution is 2.23. The lowest BCUT2D eigenvalue weighted by Crippen LogP contribution is -2.39. The van der Waals surface area contributed by atoms with Crippen LogP contribution in [-0.4, -0.2) is 36.0 Å². The fraction of sp³-hybridized carbons (Fsp3) is 0.533. The SMILES string of the molecule is Cc1ccc(I)c(C(=O)N2CCC3CCC(C2)N3)c1. The number of nitrogens with one attached hydrogen (secondary N) is 1. The summed E-state index contributed by atoms with van der Waals surface area (Å²) >= 11 is 2.26. The molecule has 0 aromatic heterocycles. The molecular formula is C15H19IN2O. The molecule has 2 aliphatic rings. The van der Waals surface area contributed by atoms with E-state index in [1.54, 1.807) is 0 Å². The first-order chi connectivity index (χ1) is 9.13. The fourth-order valence-corrected chi connectivity index (χ4v) is 3.67. The first kappa shape index (κ1) is 13.4. The highest BCUT2D eigenvalue weighted by atomic mass is 127. The van der Waals surface area contributed by atoms with E-state index in [2.05, 4.69) is 34.0 Å². The second-order valence-corrected chi connectivity index (χ2v) is 6.82. The summed E-state index contributed by atoms with van der Waals surface area (Å²) < 4.78 is 1.05. The molecule has 1 amide bonds. The van der Waals surface area contributed by atoms with Crippen molar-refractivity contribution in [3.8, 4) is 0 Å². The molecule has 2 heterocycles. The Morgan fingerprint density at radius 1 is 1.32 bits per heavy atom. The molecule has 2 bridgehead atoms. The van der Waals surface area contributed by atoms with Gasteiger partial charge in [0.05, 0.1) is 5.56 Å². The summed E-state index contributed by atoms with van der Waals surface area (Å²) in [4.78, 5) is 14.7. The number of nitrogens with zero attached hydrogens (tertiary/aromatic N) is 1. The minimum Gasteiger partial charge on any atom is -0.337 e. The lowest BCUT2D eigenvalue weighted by molar-refractivity contribution is 0.0747. The van der Waals surface area contributed by atoms with Crippen LogP contribution in [0, 0.1) is 10.5 Å². The minimum absolute atomic E-state index is 0.197. The number of hydrogen-bond acceptors (Lipinski definition) is 2. The van der Waals surface area contributed by atoms with Crippen molar-refractivity contribution >= 4 is 28.5 Å². The summed E-state index contributed by atoms with van der Waals surface area (Å²) in [5.74, 6) is 0.197. The van der Waals surface area contributed by atoms with Gasteiger partial charge in [0.25, 0.3) is 5.91 Å². The van der Waals surface area contributed by atoms with E-state index in [-0.39, 0.29) is 5.91 Å². The van der Waals surface area contributed by atoms with Crippen molar-refractivity contribution in [3.05, 3.63) is 32.9 Å². The Morgan fingerprint density at radius 2 is 2.11 bits per heavy atom. The molecule has 4 heteroatoms. The summed E-state index contributed by atoms with van der Waals surface area (Å²) in [6, 6.07) is 7.23. The zero-order valence-electron chi connectivity index (χ0n) is 11.2. The number of carbonyl (C=O) groups is 1. The zero-order chi connectivity index (χ0) is 13.4. The van der Waals surface area contributed by atoms with Crippen molar-refractivity contribution in [2.45, 2.75) is 38.3 Å². The fourth-order valence-electron chi connectivity index (χ4n) is 3.10. The average molecular weight is 370 g/mol. The molecule has 102 valence electrons. The van der Waals surface area contributed by atoms with Gasteiger partial charge in [-0.15, -0.1) is 0 Å². The van der Waals surface area contributed by atoms with Crippen LogP contribution in [0.2, 0.25) is 0 Å². The third-order valence-electron chi connectivity index (χ3n) is 4.16. The molecule has 1 aromatic rings. The Morgan fingerprint density at radius 3 is 2.95 bits per heavy atom. The molecule has 2 unspecified atom stereocenters. The predicted molar refractivity (Wildman–Crippen MR) is 84.4 cm³/mol. The van der Waals surface area contributed by atoms with Gasteiger partial charge >= 0.3 is 0 Å². The summed E-state index contributed by atoms with van der Waals surface area (Å²) in [5.41, 5.74) is 2.01. The predicted octanol–water partition coefficient (Wildman–Crippen LogP) is 2.57. The van der Waals surface area contributed by atoms with Gasteiger partial charge in [-0.3, -0.25) is 4.79 Å². The van der Waals surface area contributed by atoms with Gasteiger partial charge in [-0.05, 0) is 60.9 Å². The lowest BCUT2D eigenvalue weighted by atomic mass is 10.1. The van der Waals surface area contributed by atoms with Crippen LogP contribution in [0.15, 0.2) is 18.2 Å². The van der Waals surface area contributed by atoms with Gasteiger partial charge in [-0.2, -0.15) is 0 Å². The molecule has 3 rings (SSSR count). The maximum atomic E-state index is 12.7. The van der Waals surface area contributed by atoms with Gasteiger partial charge in [0, 0.05) is 28.7 Å². The number of carbonyl (C=O) groups excluding carboxylic acids is 1. The van der Waals surface area contributed by atoms with Crippen LogP contribution in [0.3, 0.4) is 0 Å². The van der Waals surface area contributed by atoms with E-state index in [1.807, 2.05) is 24.0 Å². The Hall–Kier alpha value is -0.620. The third-order valence-corrected chi connectivity index (χ3v) is 5.10. The van der Waals surface area contributed by atoms with Gasteiger partial charge in [-0.25, -0.2) is 0 Å². The quantitative estimate of drug-likeness (QED) is 0.771. The molecule has 0 spiro atoms. The van der Waals surface area contributed by atoms with Crippen molar-refractivity contribution in [1.29, 1.82) is 0 Å². The van der Waals surface area contributed by atoms with Crippen molar-refractivity contribution in [2.24, 2.45) is 0 Å². The molecule has 1 aromatic carbocycles. The zero-order valence-corrected chi connectivity index (χ0v) is 13.3. The standard InChI is InChI=1S/C15H19IN2O/c1-10-2-5-14(16)13(8-10)15(19)18-7-6-11-3-4-12(9-18)17-11/h2,5,8,11-12,17H,3-4,6-7,9H2,1H3. The molecule has 0 radical (unpaired) electrons. The van der Waals surface area contributed by atoms with Gasteiger partial charge in [0.1, 0.15) is 0 Å². The van der Waals surface area contributed by atoms with Gasteiger partial charge in [0.15, 0.2) is 0 Å². The summed E-state index contributed by atoms with van der Waals surface area (Å²) in [5, 5.41) is 3.62.